The third-order valence-corrected chi connectivity index (χ3v) is 8.22. The second kappa shape index (κ2) is 7.46. The van der Waals surface area contributed by atoms with Crippen LogP contribution in [-0.4, -0.2) is 42.8 Å². The van der Waals surface area contributed by atoms with Gasteiger partial charge in [0.25, 0.3) is 0 Å². The Hall–Kier alpha value is -1.97. The highest BCUT2D eigenvalue weighted by atomic mass is 32.2. The minimum Gasteiger partial charge on any atom is -0.311 e. The van der Waals surface area contributed by atoms with Crippen LogP contribution in [0, 0.1) is 6.92 Å². The Morgan fingerprint density at radius 1 is 1.14 bits per heavy atom. The van der Waals surface area contributed by atoms with Crippen LogP contribution in [0.15, 0.2) is 33.3 Å². The van der Waals surface area contributed by atoms with E-state index in [0.717, 1.165) is 54.0 Å². The predicted molar refractivity (Wildman–Crippen MR) is 108 cm³/mol. The third-order valence-electron chi connectivity index (χ3n) is 5.44. The van der Waals surface area contributed by atoms with Gasteiger partial charge in [-0.1, -0.05) is 11.3 Å². The van der Waals surface area contributed by atoms with Crippen LogP contribution in [0.25, 0.3) is 0 Å². The zero-order valence-electron chi connectivity index (χ0n) is 15.8. The fourth-order valence-electron chi connectivity index (χ4n) is 3.89. The molecule has 0 saturated carbocycles. The molecular formula is C19H23N3O4S2. The van der Waals surface area contributed by atoms with E-state index in [0.29, 0.717) is 24.5 Å². The molecule has 1 aromatic carbocycles. The van der Waals surface area contributed by atoms with Crippen LogP contribution in [0.1, 0.15) is 30.5 Å². The molecule has 1 amide bonds. The summed E-state index contributed by atoms with van der Waals surface area (Å²) in [6, 6.07) is 5.04. The summed E-state index contributed by atoms with van der Waals surface area (Å²) in [5, 5.41) is 1.75. The molecule has 0 unspecified atom stereocenters. The fourth-order valence-corrected chi connectivity index (χ4v) is 6.19. The molecule has 2 aromatic rings. The quantitative estimate of drug-likeness (QED) is 0.756. The SMILES string of the molecule is Cc1csc(=O)n1CC(=O)N1CCCc2cc(S(=O)(=O)N3CCCC3)ccc21. The van der Waals surface area contributed by atoms with Crippen molar-refractivity contribution in [1.29, 1.82) is 0 Å². The van der Waals surface area contributed by atoms with Crippen molar-refractivity contribution in [3.05, 3.63) is 44.5 Å². The van der Waals surface area contributed by atoms with Gasteiger partial charge in [-0.05, 0) is 56.4 Å². The second-order valence-electron chi connectivity index (χ2n) is 7.28. The molecule has 0 aliphatic carbocycles. The summed E-state index contributed by atoms with van der Waals surface area (Å²) >= 11 is 1.09. The van der Waals surface area contributed by atoms with Crippen molar-refractivity contribution >= 4 is 33.0 Å². The maximum atomic E-state index is 12.9. The molecule has 7 nitrogen and oxygen atoms in total. The van der Waals surface area contributed by atoms with Crippen LogP contribution in [0.5, 0.6) is 0 Å². The van der Waals surface area contributed by atoms with Crippen molar-refractivity contribution in [3.8, 4) is 0 Å². The highest BCUT2D eigenvalue weighted by Crippen LogP contribution is 2.31. The van der Waals surface area contributed by atoms with Gasteiger partial charge in [0.15, 0.2) is 0 Å². The number of carbonyl (C=O) groups excluding carboxylic acids is 1. The lowest BCUT2D eigenvalue weighted by Gasteiger charge is -2.30. The molecule has 2 aliphatic heterocycles. The summed E-state index contributed by atoms with van der Waals surface area (Å²) < 4.78 is 28.7. The molecular weight excluding hydrogens is 398 g/mol. The van der Waals surface area contributed by atoms with Gasteiger partial charge in [-0.25, -0.2) is 8.42 Å². The highest BCUT2D eigenvalue weighted by Gasteiger charge is 2.30. The monoisotopic (exact) mass is 421 g/mol. The van der Waals surface area contributed by atoms with Gasteiger partial charge in [0, 0.05) is 36.4 Å². The Kier molecular flexibility index (Phi) is 5.15. The van der Waals surface area contributed by atoms with Gasteiger partial charge in [-0.2, -0.15) is 4.31 Å². The summed E-state index contributed by atoms with van der Waals surface area (Å²) in [5.74, 6) is -0.153. The lowest BCUT2D eigenvalue weighted by molar-refractivity contribution is -0.119. The number of amides is 1. The van der Waals surface area contributed by atoms with Gasteiger partial charge in [0.05, 0.1) is 4.90 Å². The van der Waals surface area contributed by atoms with Crippen molar-refractivity contribution in [3.63, 3.8) is 0 Å². The maximum Gasteiger partial charge on any atom is 0.307 e. The summed E-state index contributed by atoms with van der Waals surface area (Å²) in [6.07, 6.45) is 3.30. The van der Waals surface area contributed by atoms with E-state index in [1.165, 1.54) is 8.87 Å². The molecule has 0 bridgehead atoms. The number of benzene rings is 1. The van der Waals surface area contributed by atoms with E-state index in [4.69, 9.17) is 0 Å². The van der Waals surface area contributed by atoms with Gasteiger partial charge >= 0.3 is 4.87 Å². The first-order valence-electron chi connectivity index (χ1n) is 9.46. The normalized spacial score (nSPS) is 17.7. The number of hydrogen-bond donors (Lipinski definition) is 0. The number of hydrogen-bond acceptors (Lipinski definition) is 5. The number of aromatic nitrogens is 1. The average molecular weight is 422 g/mol. The number of rotatable bonds is 4. The van der Waals surface area contributed by atoms with E-state index in [2.05, 4.69) is 0 Å². The summed E-state index contributed by atoms with van der Waals surface area (Å²) in [4.78, 5) is 26.6. The Balaban J connectivity index is 1.61. The predicted octanol–water partition coefficient (Wildman–Crippen LogP) is 1.98. The van der Waals surface area contributed by atoms with Crippen molar-refractivity contribution in [2.24, 2.45) is 0 Å². The van der Waals surface area contributed by atoms with Crippen LogP contribution >= 0.6 is 11.3 Å². The largest absolute Gasteiger partial charge is 0.311 e. The lowest BCUT2D eigenvalue weighted by Crippen LogP contribution is -2.39. The number of anilines is 1. The number of fused-ring (bicyclic) bond motifs is 1. The molecule has 4 rings (SSSR count). The zero-order valence-corrected chi connectivity index (χ0v) is 17.4. The molecule has 1 fully saturated rings. The summed E-state index contributed by atoms with van der Waals surface area (Å²) in [7, 11) is -3.48. The van der Waals surface area contributed by atoms with E-state index >= 15 is 0 Å². The first kappa shape index (κ1) is 19.4. The number of aryl methyl sites for hydroxylation is 2. The van der Waals surface area contributed by atoms with Crippen molar-refractivity contribution < 1.29 is 13.2 Å². The summed E-state index contributed by atoms with van der Waals surface area (Å²) in [6.45, 7) is 3.52. The maximum absolute atomic E-state index is 12.9. The Morgan fingerprint density at radius 3 is 2.57 bits per heavy atom. The standard InChI is InChI=1S/C19H23N3O4S2/c1-14-13-27-19(24)22(14)12-18(23)21-10-4-5-15-11-16(6-7-17(15)21)28(25,26)20-8-2-3-9-20/h6-7,11,13H,2-5,8-10,12H2,1H3. The zero-order chi connectivity index (χ0) is 19.9. The molecule has 3 heterocycles. The van der Waals surface area contributed by atoms with Crippen molar-refractivity contribution in [2.45, 2.75) is 44.0 Å². The van der Waals surface area contributed by atoms with Gasteiger partial charge in [-0.3, -0.25) is 14.2 Å². The van der Waals surface area contributed by atoms with E-state index in [9.17, 15) is 18.0 Å². The molecule has 2 aliphatic rings. The number of carbonyl (C=O) groups is 1. The van der Waals surface area contributed by atoms with E-state index in [1.54, 1.807) is 28.5 Å². The van der Waals surface area contributed by atoms with Crippen LogP contribution in [0.3, 0.4) is 0 Å². The minimum absolute atomic E-state index is 0.00142. The second-order valence-corrected chi connectivity index (χ2v) is 10.0. The fraction of sp³-hybridized carbons (Fsp3) is 0.474. The van der Waals surface area contributed by atoms with Crippen molar-refractivity contribution in [2.75, 3.05) is 24.5 Å². The van der Waals surface area contributed by atoms with Crippen LogP contribution in [-0.2, 0) is 27.8 Å². The molecule has 1 aromatic heterocycles. The average Bonchev–Trinajstić information content (AvgIpc) is 3.33. The number of thiazole rings is 1. The van der Waals surface area contributed by atoms with Crippen LogP contribution in [0.4, 0.5) is 5.69 Å². The Labute approximate surface area is 168 Å². The minimum atomic E-state index is -3.48. The van der Waals surface area contributed by atoms with Crippen LogP contribution < -0.4 is 9.77 Å². The van der Waals surface area contributed by atoms with Gasteiger partial charge in [-0.15, -0.1) is 0 Å². The molecule has 9 heteroatoms. The van der Waals surface area contributed by atoms with E-state index in [1.807, 2.05) is 6.92 Å². The van der Waals surface area contributed by atoms with E-state index in [-0.39, 0.29) is 17.3 Å². The van der Waals surface area contributed by atoms with Crippen molar-refractivity contribution in [1.82, 2.24) is 8.87 Å². The molecule has 0 atom stereocenters. The van der Waals surface area contributed by atoms with E-state index < -0.39 is 10.0 Å². The molecule has 150 valence electrons. The molecule has 0 N–H and O–H groups in total. The Morgan fingerprint density at radius 2 is 1.89 bits per heavy atom. The third kappa shape index (κ3) is 3.42. The molecule has 1 saturated heterocycles. The number of sulfonamides is 1. The molecule has 0 spiro atoms. The Bertz CT molecular complexity index is 1070. The lowest BCUT2D eigenvalue weighted by atomic mass is 10.0. The first-order chi connectivity index (χ1) is 13.4. The van der Waals surface area contributed by atoms with Gasteiger partial charge < -0.3 is 4.90 Å². The summed E-state index contributed by atoms with van der Waals surface area (Å²) in [5.41, 5.74) is 2.39. The smallest absolute Gasteiger partial charge is 0.307 e. The number of nitrogens with zero attached hydrogens (tertiary/aromatic N) is 3. The molecule has 0 radical (unpaired) electrons. The first-order valence-corrected chi connectivity index (χ1v) is 11.8. The molecule has 28 heavy (non-hydrogen) atoms. The highest BCUT2D eigenvalue weighted by molar-refractivity contribution is 7.89. The topological polar surface area (TPSA) is 79.7 Å². The van der Waals surface area contributed by atoms with Gasteiger partial charge in [0.1, 0.15) is 6.54 Å². The van der Waals surface area contributed by atoms with Crippen LogP contribution in [0.2, 0.25) is 0 Å². The van der Waals surface area contributed by atoms with Gasteiger partial charge in [0.2, 0.25) is 15.9 Å².